The number of hydrogen-bond donors (Lipinski definition) is 1. The highest BCUT2D eigenvalue weighted by Crippen LogP contribution is 2.20. The van der Waals surface area contributed by atoms with Gasteiger partial charge in [-0.1, -0.05) is 0 Å². The number of rotatable bonds is 5. The number of hydrogen-bond acceptors (Lipinski definition) is 2. The van der Waals surface area contributed by atoms with Gasteiger partial charge in [-0.3, -0.25) is 4.79 Å². The van der Waals surface area contributed by atoms with Gasteiger partial charge in [-0.25, -0.2) is 0 Å². The molecule has 1 N–H and O–H groups in total. The highest BCUT2D eigenvalue weighted by Gasteiger charge is 2.18. The largest absolute Gasteiger partial charge is 0.340 e. The van der Waals surface area contributed by atoms with Crippen molar-refractivity contribution in [2.24, 2.45) is 0 Å². The zero-order valence-corrected chi connectivity index (χ0v) is 13.6. The molecular formula is C12H21BrClN3O. The molecule has 0 saturated carbocycles. The molecule has 0 bridgehead atoms. The summed E-state index contributed by atoms with van der Waals surface area (Å²) < 4.78 is 2.93. The molecule has 0 aromatic carbocycles. The van der Waals surface area contributed by atoms with Crippen LogP contribution in [0, 0.1) is 0 Å². The van der Waals surface area contributed by atoms with E-state index in [-0.39, 0.29) is 24.4 Å². The number of halogens is 2. The van der Waals surface area contributed by atoms with Gasteiger partial charge < -0.3 is 14.8 Å². The van der Waals surface area contributed by atoms with Crippen molar-refractivity contribution in [2.45, 2.75) is 19.9 Å². The lowest BCUT2D eigenvalue weighted by atomic mass is 10.3. The number of nitrogens with zero attached hydrogens (tertiary/aromatic N) is 2. The van der Waals surface area contributed by atoms with Gasteiger partial charge in [0.05, 0.1) is 0 Å². The van der Waals surface area contributed by atoms with Crippen LogP contribution in [0.4, 0.5) is 0 Å². The third kappa shape index (κ3) is 4.30. The molecule has 0 fully saturated rings. The van der Waals surface area contributed by atoms with E-state index in [1.54, 1.807) is 4.90 Å². The molecule has 1 rings (SSSR count). The normalized spacial score (nSPS) is 10.3. The van der Waals surface area contributed by atoms with Crippen molar-refractivity contribution < 1.29 is 4.79 Å². The zero-order valence-electron chi connectivity index (χ0n) is 11.2. The van der Waals surface area contributed by atoms with Crippen LogP contribution < -0.4 is 5.32 Å². The predicted octanol–water partition coefficient (Wildman–Crippen LogP) is 2.54. The van der Waals surface area contributed by atoms with Gasteiger partial charge in [0, 0.05) is 36.8 Å². The van der Waals surface area contributed by atoms with E-state index in [0.29, 0.717) is 6.54 Å². The quantitative estimate of drug-likeness (QED) is 0.896. The van der Waals surface area contributed by atoms with Crippen molar-refractivity contribution in [3.8, 4) is 0 Å². The van der Waals surface area contributed by atoms with Gasteiger partial charge in [-0.05, 0) is 42.9 Å². The Morgan fingerprint density at radius 3 is 2.67 bits per heavy atom. The van der Waals surface area contributed by atoms with Gasteiger partial charge in [-0.2, -0.15) is 0 Å². The minimum Gasteiger partial charge on any atom is -0.340 e. The summed E-state index contributed by atoms with van der Waals surface area (Å²) in [6.45, 7) is 5.63. The molecular weight excluding hydrogens is 318 g/mol. The van der Waals surface area contributed by atoms with Gasteiger partial charge in [0.1, 0.15) is 5.69 Å². The topological polar surface area (TPSA) is 37.3 Å². The molecule has 6 heteroatoms. The fourth-order valence-corrected chi connectivity index (χ4v) is 2.06. The Morgan fingerprint density at radius 2 is 2.17 bits per heavy atom. The first kappa shape index (κ1) is 17.5. The van der Waals surface area contributed by atoms with Crippen molar-refractivity contribution in [1.29, 1.82) is 0 Å². The van der Waals surface area contributed by atoms with E-state index in [9.17, 15) is 4.79 Å². The Balaban J connectivity index is 0.00000289. The Labute approximate surface area is 123 Å². The maximum absolute atomic E-state index is 12.2. The third-order valence-corrected chi connectivity index (χ3v) is 3.07. The first-order chi connectivity index (χ1) is 7.97. The molecule has 0 aliphatic rings. The average Bonchev–Trinajstić information content (AvgIpc) is 2.67. The van der Waals surface area contributed by atoms with Gasteiger partial charge in [0.2, 0.25) is 0 Å². The molecule has 1 aromatic rings. The Morgan fingerprint density at radius 1 is 1.56 bits per heavy atom. The molecule has 0 aliphatic heterocycles. The Kier molecular flexibility index (Phi) is 7.59. The third-order valence-electron chi connectivity index (χ3n) is 2.63. The van der Waals surface area contributed by atoms with E-state index in [0.717, 1.165) is 16.7 Å². The van der Waals surface area contributed by atoms with Crippen LogP contribution in [-0.4, -0.2) is 42.6 Å². The van der Waals surface area contributed by atoms with Crippen LogP contribution in [-0.2, 0) is 0 Å². The Hall–Kier alpha value is -0.520. The van der Waals surface area contributed by atoms with E-state index in [2.05, 4.69) is 35.1 Å². The monoisotopic (exact) mass is 337 g/mol. The zero-order chi connectivity index (χ0) is 13.0. The highest BCUT2D eigenvalue weighted by atomic mass is 79.9. The molecule has 4 nitrogen and oxygen atoms in total. The molecule has 1 aromatic heterocycles. The van der Waals surface area contributed by atoms with E-state index >= 15 is 0 Å². The lowest BCUT2D eigenvalue weighted by molar-refractivity contribution is 0.0784. The molecule has 1 amide bonds. The molecule has 0 spiro atoms. The number of likely N-dealkylation sites (N-methyl/N-ethyl adjacent to an activating group) is 2. The van der Waals surface area contributed by atoms with Gasteiger partial charge in [-0.15, -0.1) is 12.4 Å². The second-order valence-electron chi connectivity index (χ2n) is 4.37. The van der Waals surface area contributed by atoms with E-state index in [4.69, 9.17) is 0 Å². The van der Waals surface area contributed by atoms with Crippen LogP contribution in [0.1, 0.15) is 30.4 Å². The molecule has 1 heterocycles. The predicted molar refractivity (Wildman–Crippen MR) is 80.7 cm³/mol. The standard InChI is InChI=1S/C12H20BrN3O.ClH/c1-9(2)16-8-10(13)7-11(16)12(17)15(4)6-5-14-3;/h7-9,14H,5-6H2,1-4H3;1H. The number of aromatic nitrogens is 1. The van der Waals surface area contributed by atoms with Crippen LogP contribution in [0.5, 0.6) is 0 Å². The van der Waals surface area contributed by atoms with Crippen molar-refractivity contribution >= 4 is 34.2 Å². The van der Waals surface area contributed by atoms with Gasteiger partial charge >= 0.3 is 0 Å². The summed E-state index contributed by atoms with van der Waals surface area (Å²) in [6.07, 6.45) is 1.95. The summed E-state index contributed by atoms with van der Waals surface area (Å²) in [7, 11) is 3.71. The summed E-state index contributed by atoms with van der Waals surface area (Å²) >= 11 is 3.42. The van der Waals surface area contributed by atoms with Crippen LogP contribution >= 0.6 is 28.3 Å². The van der Waals surface area contributed by atoms with Crippen molar-refractivity contribution in [2.75, 3.05) is 27.2 Å². The smallest absolute Gasteiger partial charge is 0.270 e. The minimum atomic E-state index is 0. The first-order valence-electron chi connectivity index (χ1n) is 5.74. The van der Waals surface area contributed by atoms with E-state index in [1.807, 2.05) is 30.9 Å². The summed E-state index contributed by atoms with van der Waals surface area (Å²) in [5.41, 5.74) is 0.727. The van der Waals surface area contributed by atoms with E-state index < -0.39 is 0 Å². The van der Waals surface area contributed by atoms with Crippen LogP contribution in [0.15, 0.2) is 16.7 Å². The summed E-state index contributed by atoms with van der Waals surface area (Å²) in [4.78, 5) is 14.0. The average molecular weight is 339 g/mol. The van der Waals surface area contributed by atoms with Gasteiger partial charge in [0.25, 0.3) is 5.91 Å². The highest BCUT2D eigenvalue weighted by molar-refractivity contribution is 9.10. The molecule has 0 unspecified atom stereocenters. The lowest BCUT2D eigenvalue weighted by Gasteiger charge is -2.19. The Bertz CT molecular complexity index is 393. The maximum atomic E-state index is 12.2. The maximum Gasteiger partial charge on any atom is 0.270 e. The SMILES string of the molecule is CNCCN(C)C(=O)c1cc(Br)cn1C(C)C.Cl. The minimum absolute atomic E-state index is 0. The second-order valence-corrected chi connectivity index (χ2v) is 5.29. The van der Waals surface area contributed by atoms with Crippen LogP contribution in [0.25, 0.3) is 0 Å². The molecule has 0 radical (unpaired) electrons. The first-order valence-corrected chi connectivity index (χ1v) is 6.54. The van der Waals surface area contributed by atoms with Crippen LogP contribution in [0.2, 0.25) is 0 Å². The van der Waals surface area contributed by atoms with Crippen LogP contribution in [0.3, 0.4) is 0 Å². The van der Waals surface area contributed by atoms with Crippen molar-refractivity contribution in [3.05, 3.63) is 22.4 Å². The summed E-state index contributed by atoms with van der Waals surface area (Å²) in [5.74, 6) is 0.0552. The summed E-state index contributed by atoms with van der Waals surface area (Å²) in [6, 6.07) is 2.15. The van der Waals surface area contributed by atoms with Gasteiger partial charge in [0.15, 0.2) is 0 Å². The number of amides is 1. The number of carbonyl (C=O) groups excluding carboxylic acids is 1. The van der Waals surface area contributed by atoms with E-state index in [1.165, 1.54) is 0 Å². The number of nitrogens with one attached hydrogen (secondary N) is 1. The summed E-state index contributed by atoms with van der Waals surface area (Å²) in [5, 5.41) is 3.04. The fraction of sp³-hybridized carbons (Fsp3) is 0.583. The molecule has 0 saturated heterocycles. The molecule has 0 atom stereocenters. The molecule has 104 valence electrons. The fourth-order valence-electron chi connectivity index (χ4n) is 1.62. The van der Waals surface area contributed by atoms with Crippen molar-refractivity contribution in [3.63, 3.8) is 0 Å². The molecule has 18 heavy (non-hydrogen) atoms. The van der Waals surface area contributed by atoms with Crippen molar-refractivity contribution in [1.82, 2.24) is 14.8 Å². The second kappa shape index (κ2) is 7.81. The number of carbonyl (C=O) groups is 1. The lowest BCUT2D eigenvalue weighted by Crippen LogP contribution is -2.34. The molecule has 0 aliphatic carbocycles.